The van der Waals surface area contributed by atoms with Crippen molar-refractivity contribution in [3.63, 3.8) is 0 Å². The fraction of sp³-hybridized carbons (Fsp3) is 0.333. The molecule has 26 heavy (non-hydrogen) atoms. The zero-order valence-corrected chi connectivity index (χ0v) is 16.3. The number of hydrogen-bond acceptors (Lipinski definition) is 5. The summed E-state index contributed by atoms with van der Waals surface area (Å²) >= 11 is 0. The Bertz CT molecular complexity index is 1080. The summed E-state index contributed by atoms with van der Waals surface area (Å²) in [6, 6.07) is 7.83. The Morgan fingerprint density at radius 2 is 1.77 bits per heavy atom. The molecule has 2 aromatic carbocycles. The fourth-order valence-corrected chi connectivity index (χ4v) is 4.78. The molecule has 1 heterocycles. The molecule has 1 atom stereocenters. The molecular weight excluding hydrogens is 376 g/mol. The standard InChI is InChI=1S/C18H20O6S2/c1-11-4-9-17(26(21,22)23)12(2)18(11)15-8-6-13-5-7-14(25(3,19)20)10-16(13)24-15/h4-5,7,9-10,15H,6,8H2,1-3H3,(H,21,22,23). The summed E-state index contributed by atoms with van der Waals surface area (Å²) in [6.07, 6.45) is 2.03. The minimum atomic E-state index is -4.33. The molecule has 1 N–H and O–H groups in total. The number of rotatable bonds is 3. The number of ether oxygens (including phenoxy) is 1. The van der Waals surface area contributed by atoms with Gasteiger partial charge in [0.2, 0.25) is 0 Å². The number of fused-ring (bicyclic) bond motifs is 1. The molecule has 0 aliphatic carbocycles. The highest BCUT2D eigenvalue weighted by Gasteiger charge is 2.28. The van der Waals surface area contributed by atoms with Crippen LogP contribution in [0.5, 0.6) is 5.75 Å². The first-order valence-corrected chi connectivity index (χ1v) is 11.4. The number of sulfone groups is 1. The molecule has 0 spiro atoms. The van der Waals surface area contributed by atoms with Gasteiger partial charge in [-0.3, -0.25) is 4.55 Å². The zero-order chi connectivity index (χ0) is 19.3. The molecule has 1 unspecified atom stereocenters. The van der Waals surface area contributed by atoms with Gasteiger partial charge in [0, 0.05) is 6.26 Å². The maximum atomic E-state index is 11.8. The van der Waals surface area contributed by atoms with Crippen molar-refractivity contribution in [2.75, 3.05) is 6.26 Å². The van der Waals surface area contributed by atoms with E-state index in [0.29, 0.717) is 29.7 Å². The van der Waals surface area contributed by atoms with Gasteiger partial charge in [-0.1, -0.05) is 12.1 Å². The van der Waals surface area contributed by atoms with Crippen LogP contribution in [-0.4, -0.2) is 27.6 Å². The van der Waals surface area contributed by atoms with Gasteiger partial charge in [0.15, 0.2) is 9.84 Å². The molecule has 0 aromatic heterocycles. The van der Waals surface area contributed by atoms with Crippen LogP contribution in [0.2, 0.25) is 0 Å². The Morgan fingerprint density at radius 3 is 2.38 bits per heavy atom. The van der Waals surface area contributed by atoms with E-state index in [2.05, 4.69) is 0 Å². The highest BCUT2D eigenvalue weighted by atomic mass is 32.2. The summed E-state index contributed by atoms with van der Waals surface area (Å²) in [5.41, 5.74) is 2.91. The van der Waals surface area contributed by atoms with Crippen LogP contribution in [0.25, 0.3) is 0 Å². The smallest absolute Gasteiger partial charge is 0.294 e. The van der Waals surface area contributed by atoms with Crippen molar-refractivity contribution in [3.8, 4) is 5.75 Å². The van der Waals surface area contributed by atoms with Gasteiger partial charge < -0.3 is 4.74 Å². The third-order valence-electron chi connectivity index (χ3n) is 4.69. The van der Waals surface area contributed by atoms with E-state index in [9.17, 15) is 21.4 Å². The topological polar surface area (TPSA) is 97.7 Å². The lowest BCUT2D eigenvalue weighted by molar-refractivity contribution is 0.174. The largest absolute Gasteiger partial charge is 0.485 e. The van der Waals surface area contributed by atoms with Gasteiger partial charge >= 0.3 is 0 Å². The van der Waals surface area contributed by atoms with Crippen molar-refractivity contribution in [1.82, 2.24) is 0 Å². The molecule has 2 aromatic rings. The normalized spacial score (nSPS) is 17.5. The number of hydrogen-bond donors (Lipinski definition) is 1. The molecule has 1 aliphatic rings. The van der Waals surface area contributed by atoms with Gasteiger partial charge in [-0.15, -0.1) is 0 Å². The molecular formula is C18H20O6S2. The minimum Gasteiger partial charge on any atom is -0.485 e. The van der Waals surface area contributed by atoms with Crippen molar-refractivity contribution < 1.29 is 26.1 Å². The van der Waals surface area contributed by atoms with Crippen LogP contribution >= 0.6 is 0 Å². The van der Waals surface area contributed by atoms with E-state index in [4.69, 9.17) is 4.74 Å². The average Bonchev–Trinajstić information content (AvgIpc) is 2.52. The predicted octanol–water partition coefficient (Wildman–Crippen LogP) is 3.02. The van der Waals surface area contributed by atoms with Gasteiger partial charge in [-0.05, 0) is 67.1 Å². The summed E-state index contributed by atoms with van der Waals surface area (Å²) in [6.45, 7) is 3.49. The van der Waals surface area contributed by atoms with Crippen LogP contribution in [0.4, 0.5) is 0 Å². The molecule has 0 fully saturated rings. The first-order valence-electron chi connectivity index (χ1n) is 8.05. The van der Waals surface area contributed by atoms with E-state index in [1.165, 1.54) is 12.1 Å². The van der Waals surface area contributed by atoms with Crippen molar-refractivity contribution in [2.45, 2.75) is 42.6 Å². The second kappa shape index (κ2) is 6.37. The second-order valence-electron chi connectivity index (χ2n) is 6.58. The monoisotopic (exact) mass is 396 g/mol. The molecule has 1 aliphatic heterocycles. The Hall–Kier alpha value is -1.90. The fourth-order valence-electron chi connectivity index (χ4n) is 3.40. The lowest BCUT2D eigenvalue weighted by Crippen LogP contribution is -2.19. The van der Waals surface area contributed by atoms with Crippen LogP contribution in [0, 0.1) is 13.8 Å². The van der Waals surface area contributed by atoms with Gasteiger partial charge in [0.25, 0.3) is 10.1 Å². The van der Waals surface area contributed by atoms with Gasteiger partial charge in [0.1, 0.15) is 11.9 Å². The molecule has 6 nitrogen and oxygen atoms in total. The summed E-state index contributed by atoms with van der Waals surface area (Å²) in [5, 5.41) is 0. The van der Waals surface area contributed by atoms with Crippen molar-refractivity contribution in [3.05, 3.63) is 52.6 Å². The predicted molar refractivity (Wildman–Crippen MR) is 97.0 cm³/mol. The van der Waals surface area contributed by atoms with Crippen molar-refractivity contribution in [2.24, 2.45) is 0 Å². The average molecular weight is 396 g/mol. The second-order valence-corrected chi connectivity index (χ2v) is 9.99. The van der Waals surface area contributed by atoms with Crippen molar-refractivity contribution in [1.29, 1.82) is 0 Å². The van der Waals surface area contributed by atoms with E-state index in [0.717, 1.165) is 17.4 Å². The van der Waals surface area contributed by atoms with Crippen LogP contribution < -0.4 is 4.74 Å². The van der Waals surface area contributed by atoms with E-state index < -0.39 is 26.1 Å². The summed E-state index contributed by atoms with van der Waals surface area (Å²) in [5.74, 6) is 0.486. The maximum Gasteiger partial charge on any atom is 0.294 e. The van der Waals surface area contributed by atoms with Crippen LogP contribution in [0.1, 0.15) is 34.8 Å². The molecule has 8 heteroatoms. The Kier molecular flexibility index (Phi) is 4.62. The third kappa shape index (κ3) is 3.49. The summed E-state index contributed by atoms with van der Waals surface area (Å²) in [4.78, 5) is 0.0365. The first kappa shape index (κ1) is 18.9. The molecule has 140 valence electrons. The maximum absolute atomic E-state index is 11.8. The molecule has 0 saturated heterocycles. The summed E-state index contributed by atoms with van der Waals surface area (Å²) < 4.78 is 62.2. The lowest BCUT2D eigenvalue weighted by atomic mass is 9.92. The van der Waals surface area contributed by atoms with Crippen molar-refractivity contribution >= 4 is 20.0 Å². The van der Waals surface area contributed by atoms with Crippen LogP contribution in [0.3, 0.4) is 0 Å². The molecule has 0 saturated carbocycles. The molecule has 0 radical (unpaired) electrons. The minimum absolute atomic E-state index is 0.141. The van der Waals surface area contributed by atoms with E-state index in [1.807, 2.05) is 6.92 Å². The first-order chi connectivity index (χ1) is 12.0. The van der Waals surface area contributed by atoms with Gasteiger partial charge in [-0.25, -0.2) is 8.42 Å². The zero-order valence-electron chi connectivity index (χ0n) is 14.7. The number of benzene rings is 2. The van der Waals surface area contributed by atoms with E-state index in [1.54, 1.807) is 25.1 Å². The Labute approximate surface area is 153 Å². The summed E-state index contributed by atoms with van der Waals surface area (Å²) in [7, 11) is -7.69. The SMILES string of the molecule is Cc1ccc(S(=O)(=O)O)c(C)c1C1CCc2ccc(S(C)(=O)=O)cc2O1. The van der Waals surface area contributed by atoms with Gasteiger partial charge in [-0.2, -0.15) is 8.42 Å². The quantitative estimate of drug-likeness (QED) is 0.801. The Morgan fingerprint density at radius 1 is 1.08 bits per heavy atom. The lowest BCUT2D eigenvalue weighted by Gasteiger charge is -2.29. The van der Waals surface area contributed by atoms with Crippen LogP contribution in [-0.2, 0) is 26.4 Å². The van der Waals surface area contributed by atoms with Crippen LogP contribution in [0.15, 0.2) is 40.1 Å². The molecule has 3 rings (SSSR count). The number of aryl methyl sites for hydroxylation is 2. The molecule has 0 amide bonds. The van der Waals surface area contributed by atoms with Gasteiger partial charge in [0.05, 0.1) is 9.79 Å². The Balaban J connectivity index is 2.07. The third-order valence-corrected chi connectivity index (χ3v) is 6.80. The highest BCUT2D eigenvalue weighted by molar-refractivity contribution is 7.90. The van der Waals surface area contributed by atoms with E-state index >= 15 is 0 Å². The van der Waals surface area contributed by atoms with E-state index in [-0.39, 0.29) is 9.79 Å². The molecule has 0 bridgehead atoms. The highest BCUT2D eigenvalue weighted by Crippen LogP contribution is 2.39.